The number of hydrogen-bond acceptors (Lipinski definition) is 2. The Morgan fingerprint density at radius 3 is 2.73 bits per heavy atom. The molecule has 1 heterocycles. The van der Waals surface area contributed by atoms with Gasteiger partial charge in [-0.25, -0.2) is 0 Å². The first-order valence-corrected chi connectivity index (χ1v) is 5.98. The molecule has 0 aromatic heterocycles. The summed E-state index contributed by atoms with van der Waals surface area (Å²) in [5, 5.41) is 2.95. The third-order valence-electron chi connectivity index (χ3n) is 2.37. The molecule has 0 bridgehead atoms. The fraction of sp³-hybridized carbons (Fsp3) is 0.364. The summed E-state index contributed by atoms with van der Waals surface area (Å²) < 4.78 is 6.33. The van der Waals surface area contributed by atoms with Crippen LogP contribution in [0, 0.1) is 3.57 Å². The summed E-state index contributed by atoms with van der Waals surface area (Å²) >= 11 is 2.22. The smallest absolute Gasteiger partial charge is 0.251 e. The highest BCUT2D eigenvalue weighted by Crippen LogP contribution is 2.08. The Labute approximate surface area is 102 Å². The maximum Gasteiger partial charge on any atom is 0.251 e. The molecule has 1 aliphatic heterocycles. The minimum Gasteiger partial charge on any atom is -0.379 e. The number of hydrogen-bond donors (Lipinski definition) is 1. The first-order chi connectivity index (χ1) is 7.25. The lowest BCUT2D eigenvalue weighted by Gasteiger charge is -2.10. The van der Waals surface area contributed by atoms with E-state index in [-0.39, 0.29) is 11.9 Å². The summed E-state index contributed by atoms with van der Waals surface area (Å²) in [6, 6.07) is 7.72. The molecular formula is C11H12INO2. The molecule has 0 saturated carbocycles. The van der Waals surface area contributed by atoms with Gasteiger partial charge >= 0.3 is 0 Å². The van der Waals surface area contributed by atoms with Crippen LogP contribution in [0.5, 0.6) is 0 Å². The van der Waals surface area contributed by atoms with E-state index in [2.05, 4.69) is 27.9 Å². The Hall–Kier alpha value is -0.620. The summed E-state index contributed by atoms with van der Waals surface area (Å²) in [4.78, 5) is 11.7. The fourth-order valence-electron chi connectivity index (χ4n) is 1.52. The van der Waals surface area contributed by atoms with E-state index in [1.54, 1.807) is 0 Å². The van der Waals surface area contributed by atoms with Gasteiger partial charge in [-0.2, -0.15) is 0 Å². The fourth-order valence-corrected chi connectivity index (χ4v) is 1.88. The molecule has 0 radical (unpaired) electrons. The molecule has 80 valence electrons. The quantitative estimate of drug-likeness (QED) is 0.845. The van der Waals surface area contributed by atoms with Crippen molar-refractivity contribution < 1.29 is 9.53 Å². The van der Waals surface area contributed by atoms with E-state index in [1.807, 2.05) is 24.3 Å². The lowest BCUT2D eigenvalue weighted by Crippen LogP contribution is -2.34. The summed E-state index contributed by atoms with van der Waals surface area (Å²) in [6.07, 6.45) is 0.913. The molecule has 1 aromatic carbocycles. The molecule has 1 atom stereocenters. The number of carbonyl (C=O) groups is 1. The lowest BCUT2D eigenvalue weighted by atomic mass is 10.2. The Morgan fingerprint density at radius 1 is 1.40 bits per heavy atom. The highest BCUT2D eigenvalue weighted by Gasteiger charge is 2.18. The molecule has 0 aliphatic carbocycles. The van der Waals surface area contributed by atoms with Crippen molar-refractivity contribution in [1.82, 2.24) is 5.32 Å². The molecule has 1 fully saturated rings. The lowest BCUT2D eigenvalue weighted by molar-refractivity contribution is 0.0930. The van der Waals surface area contributed by atoms with Gasteiger partial charge in [-0.1, -0.05) is 0 Å². The molecule has 1 aromatic rings. The standard InChI is InChI=1S/C11H12INO2/c12-9-3-1-8(2-4-9)11(14)13-10-5-6-15-7-10/h1-4,10H,5-7H2,(H,13,14). The van der Waals surface area contributed by atoms with Crippen LogP contribution in [-0.2, 0) is 4.74 Å². The number of halogens is 1. The van der Waals surface area contributed by atoms with E-state index in [0.717, 1.165) is 16.6 Å². The van der Waals surface area contributed by atoms with Gasteiger partial charge in [0.1, 0.15) is 0 Å². The zero-order chi connectivity index (χ0) is 10.7. The van der Waals surface area contributed by atoms with Crippen molar-refractivity contribution in [2.75, 3.05) is 13.2 Å². The summed E-state index contributed by atoms with van der Waals surface area (Å²) in [7, 11) is 0. The van der Waals surface area contributed by atoms with Crippen molar-refractivity contribution >= 4 is 28.5 Å². The zero-order valence-electron chi connectivity index (χ0n) is 8.20. The minimum absolute atomic E-state index is 0.0121. The van der Waals surface area contributed by atoms with Crippen molar-refractivity contribution in [2.24, 2.45) is 0 Å². The van der Waals surface area contributed by atoms with Gasteiger partial charge in [0.15, 0.2) is 0 Å². The zero-order valence-corrected chi connectivity index (χ0v) is 10.4. The second-order valence-electron chi connectivity index (χ2n) is 3.54. The van der Waals surface area contributed by atoms with Crippen LogP contribution in [0.25, 0.3) is 0 Å². The molecule has 4 heteroatoms. The van der Waals surface area contributed by atoms with Gasteiger partial charge in [0, 0.05) is 15.7 Å². The molecule has 1 unspecified atom stereocenters. The van der Waals surface area contributed by atoms with E-state index in [0.29, 0.717) is 12.2 Å². The summed E-state index contributed by atoms with van der Waals surface area (Å²) in [5.41, 5.74) is 0.710. The third-order valence-corrected chi connectivity index (χ3v) is 3.09. The number of nitrogens with one attached hydrogen (secondary N) is 1. The molecular weight excluding hydrogens is 305 g/mol. The second-order valence-corrected chi connectivity index (χ2v) is 4.79. The van der Waals surface area contributed by atoms with Gasteiger partial charge in [-0.15, -0.1) is 0 Å². The van der Waals surface area contributed by atoms with Gasteiger partial charge in [-0.05, 0) is 53.3 Å². The molecule has 3 nitrogen and oxygen atoms in total. The SMILES string of the molecule is O=C(NC1CCOC1)c1ccc(I)cc1. The van der Waals surface area contributed by atoms with Gasteiger partial charge in [-0.3, -0.25) is 4.79 Å². The topological polar surface area (TPSA) is 38.3 Å². The van der Waals surface area contributed by atoms with Crippen LogP contribution in [-0.4, -0.2) is 25.2 Å². The molecule has 1 N–H and O–H groups in total. The normalized spacial score (nSPS) is 20.2. The van der Waals surface area contributed by atoms with Gasteiger partial charge < -0.3 is 10.1 Å². The Balaban J connectivity index is 1.98. The molecule has 0 spiro atoms. The number of amides is 1. The number of ether oxygens (including phenoxy) is 1. The minimum atomic E-state index is -0.0121. The van der Waals surface area contributed by atoms with Crippen molar-refractivity contribution in [2.45, 2.75) is 12.5 Å². The predicted molar refractivity (Wildman–Crippen MR) is 65.8 cm³/mol. The van der Waals surface area contributed by atoms with Gasteiger partial charge in [0.05, 0.1) is 12.6 Å². The van der Waals surface area contributed by atoms with Crippen LogP contribution >= 0.6 is 22.6 Å². The van der Waals surface area contributed by atoms with E-state index in [4.69, 9.17) is 4.74 Å². The van der Waals surface area contributed by atoms with Crippen molar-refractivity contribution in [3.63, 3.8) is 0 Å². The summed E-state index contributed by atoms with van der Waals surface area (Å²) in [5.74, 6) is -0.0121. The van der Waals surface area contributed by atoms with Crippen LogP contribution in [0.4, 0.5) is 0 Å². The number of carbonyl (C=O) groups excluding carboxylic acids is 1. The Bertz CT molecular complexity index is 344. The maximum atomic E-state index is 11.7. The maximum absolute atomic E-state index is 11.7. The number of rotatable bonds is 2. The first-order valence-electron chi connectivity index (χ1n) is 4.90. The highest BCUT2D eigenvalue weighted by atomic mass is 127. The molecule has 1 amide bonds. The van der Waals surface area contributed by atoms with Crippen LogP contribution in [0.3, 0.4) is 0 Å². The average Bonchev–Trinajstić information content (AvgIpc) is 2.71. The monoisotopic (exact) mass is 317 g/mol. The van der Waals surface area contributed by atoms with Crippen LogP contribution < -0.4 is 5.32 Å². The van der Waals surface area contributed by atoms with Crippen LogP contribution in [0.1, 0.15) is 16.8 Å². The van der Waals surface area contributed by atoms with Crippen molar-refractivity contribution in [3.8, 4) is 0 Å². The molecule has 2 rings (SSSR count). The van der Waals surface area contributed by atoms with E-state index >= 15 is 0 Å². The predicted octanol–water partition coefficient (Wildman–Crippen LogP) is 1.81. The summed E-state index contributed by atoms with van der Waals surface area (Å²) in [6.45, 7) is 1.38. The van der Waals surface area contributed by atoms with Gasteiger partial charge in [0.2, 0.25) is 0 Å². The third kappa shape index (κ3) is 2.92. The van der Waals surface area contributed by atoms with Crippen molar-refractivity contribution in [1.29, 1.82) is 0 Å². The number of benzene rings is 1. The van der Waals surface area contributed by atoms with Crippen LogP contribution in [0.2, 0.25) is 0 Å². The van der Waals surface area contributed by atoms with Gasteiger partial charge in [0.25, 0.3) is 5.91 Å². The van der Waals surface area contributed by atoms with E-state index in [1.165, 1.54) is 0 Å². The highest BCUT2D eigenvalue weighted by molar-refractivity contribution is 14.1. The average molecular weight is 317 g/mol. The van der Waals surface area contributed by atoms with E-state index in [9.17, 15) is 4.79 Å². The largest absolute Gasteiger partial charge is 0.379 e. The van der Waals surface area contributed by atoms with Crippen molar-refractivity contribution in [3.05, 3.63) is 33.4 Å². The Morgan fingerprint density at radius 2 is 2.13 bits per heavy atom. The van der Waals surface area contributed by atoms with E-state index < -0.39 is 0 Å². The Kier molecular flexibility index (Phi) is 3.58. The molecule has 1 aliphatic rings. The van der Waals surface area contributed by atoms with Crippen LogP contribution in [0.15, 0.2) is 24.3 Å². The molecule has 15 heavy (non-hydrogen) atoms. The first kappa shape index (κ1) is 10.9. The molecule has 1 saturated heterocycles. The second kappa shape index (κ2) is 4.94.